The van der Waals surface area contributed by atoms with Crippen molar-refractivity contribution in [1.82, 2.24) is 39.3 Å². The zero-order valence-corrected chi connectivity index (χ0v) is 29.7. The first kappa shape index (κ1) is 35.3. The van der Waals surface area contributed by atoms with Gasteiger partial charge in [0.2, 0.25) is 17.7 Å². The van der Waals surface area contributed by atoms with Crippen LogP contribution in [0.5, 0.6) is 0 Å². The van der Waals surface area contributed by atoms with Crippen LogP contribution in [0.2, 0.25) is 0 Å². The number of piperidine rings is 2. The number of anilines is 1. The van der Waals surface area contributed by atoms with Crippen LogP contribution in [0, 0.1) is 0 Å². The van der Waals surface area contributed by atoms with Gasteiger partial charge in [-0.1, -0.05) is 25.3 Å². The van der Waals surface area contributed by atoms with Gasteiger partial charge in [-0.15, -0.1) is 0 Å². The molecule has 4 atom stereocenters. The van der Waals surface area contributed by atoms with Gasteiger partial charge in [-0.25, -0.2) is 18.7 Å². The van der Waals surface area contributed by atoms with Crippen molar-refractivity contribution in [3.8, 4) is 0 Å². The van der Waals surface area contributed by atoms with Gasteiger partial charge in [-0.3, -0.25) is 33.6 Å². The monoisotopic (exact) mass is 715 g/mol. The van der Waals surface area contributed by atoms with E-state index in [1.807, 2.05) is 29.2 Å². The number of imidazole rings is 2. The van der Waals surface area contributed by atoms with Crippen molar-refractivity contribution in [2.24, 2.45) is 7.05 Å². The van der Waals surface area contributed by atoms with Crippen molar-refractivity contribution < 1.29 is 23.6 Å². The average Bonchev–Trinajstić information content (AvgIpc) is 3.55. The second-order valence-corrected chi connectivity index (χ2v) is 14.4. The van der Waals surface area contributed by atoms with Crippen molar-refractivity contribution in [3.05, 3.63) is 57.9 Å². The van der Waals surface area contributed by atoms with Crippen LogP contribution >= 0.6 is 0 Å². The molecule has 4 aromatic rings. The summed E-state index contributed by atoms with van der Waals surface area (Å²) in [5.74, 6) is -0.986. The molecule has 276 valence electrons. The first-order valence-corrected chi connectivity index (χ1v) is 18.5. The van der Waals surface area contributed by atoms with Crippen LogP contribution in [0.4, 0.5) is 10.1 Å². The van der Waals surface area contributed by atoms with E-state index in [1.165, 1.54) is 15.3 Å². The van der Waals surface area contributed by atoms with Gasteiger partial charge in [0, 0.05) is 52.4 Å². The number of halogens is 1. The number of carbonyl (C=O) groups excluding carboxylic acids is 4. The first-order valence-electron chi connectivity index (χ1n) is 18.5. The van der Waals surface area contributed by atoms with E-state index in [0.717, 1.165) is 73.8 Å². The van der Waals surface area contributed by atoms with E-state index < -0.39 is 30.1 Å². The summed E-state index contributed by atoms with van der Waals surface area (Å²) in [6.45, 7) is 1.28. The van der Waals surface area contributed by atoms with Gasteiger partial charge in [0.25, 0.3) is 5.91 Å². The lowest BCUT2D eigenvalue weighted by Crippen LogP contribution is -2.44. The van der Waals surface area contributed by atoms with Crippen molar-refractivity contribution in [3.63, 3.8) is 0 Å². The smallest absolute Gasteiger partial charge is 0.329 e. The van der Waals surface area contributed by atoms with Crippen LogP contribution in [0.15, 0.2) is 35.3 Å². The Labute approximate surface area is 300 Å². The zero-order valence-electron chi connectivity index (χ0n) is 29.7. The maximum absolute atomic E-state index is 13.4. The second kappa shape index (κ2) is 14.9. The Kier molecular flexibility index (Phi) is 10.1. The second-order valence-electron chi connectivity index (χ2n) is 14.4. The molecular weight excluding hydrogens is 669 g/mol. The number of benzene rings is 1. The molecule has 0 radical (unpaired) electrons. The molecule has 1 aliphatic carbocycles. The first-order chi connectivity index (χ1) is 25.1. The molecule has 7 rings (SSSR count). The standard InChI is InChI=1S/C37H46FN9O5/c1-39-27-19-25(43-47-31(20-40-34(27)47)36(51)41-26-18-24(26)38)23-10-8-16-45(21-23)33(49)11-7-5-3-4-6-9-22-12-13-28-30(17-22)44(2)37(52)46(28)29-14-15-32(48)42-35(29)50/h12-13,17,19-20,23-24,26,29,39H,3-11,14-16,18,21H2,1-2H3,(H,41,51)(H,42,48,50)/t23?,24-,26+,29?/m0/s1. The van der Waals surface area contributed by atoms with Gasteiger partial charge in [0.05, 0.1) is 34.7 Å². The molecule has 1 aromatic carbocycles. The molecule has 0 bridgehead atoms. The van der Waals surface area contributed by atoms with Gasteiger partial charge < -0.3 is 15.5 Å². The molecule has 0 spiro atoms. The van der Waals surface area contributed by atoms with Crippen LogP contribution < -0.4 is 21.6 Å². The highest BCUT2D eigenvalue weighted by Gasteiger charge is 2.39. The third-order valence-electron chi connectivity index (χ3n) is 10.7. The van der Waals surface area contributed by atoms with Crippen LogP contribution in [-0.4, -0.2) is 84.6 Å². The number of aryl methyl sites for hydroxylation is 2. The fraction of sp³-hybridized carbons (Fsp3) is 0.541. The number of imide groups is 1. The Morgan fingerprint density at radius 3 is 2.60 bits per heavy atom. The van der Waals surface area contributed by atoms with Gasteiger partial charge in [-0.05, 0) is 62.3 Å². The minimum absolute atomic E-state index is 0.0174. The lowest BCUT2D eigenvalue weighted by Gasteiger charge is -2.32. The van der Waals surface area contributed by atoms with Crippen LogP contribution in [-0.2, 0) is 27.9 Å². The highest BCUT2D eigenvalue weighted by atomic mass is 19.1. The number of hydrogen-bond acceptors (Lipinski definition) is 8. The van der Waals surface area contributed by atoms with E-state index in [2.05, 4.69) is 20.9 Å². The van der Waals surface area contributed by atoms with E-state index in [9.17, 15) is 28.4 Å². The number of fused-ring (bicyclic) bond motifs is 2. The number of amides is 4. The molecule has 5 heterocycles. The number of aromatic nitrogens is 5. The molecular formula is C37H46FN9O5. The van der Waals surface area contributed by atoms with E-state index in [1.54, 1.807) is 18.7 Å². The lowest BCUT2D eigenvalue weighted by atomic mass is 9.94. The SMILES string of the molecule is CNc1cc(C2CCCN(C(=O)CCCCCCCc3ccc4c(c3)n(C)c(=O)n4C3CCC(=O)NC3=O)C2)nn2c(C(=O)N[C@@H]3C[C@@H]3F)cnc12. The molecule has 3 aromatic heterocycles. The van der Waals surface area contributed by atoms with Crippen molar-refractivity contribution in [2.75, 3.05) is 25.5 Å². The molecule has 2 saturated heterocycles. The Balaban J connectivity index is 0.876. The number of likely N-dealkylation sites (tertiary alicyclic amines) is 1. The fourth-order valence-corrected chi connectivity index (χ4v) is 7.61. The molecule has 4 amide bonds. The minimum atomic E-state index is -1.01. The largest absolute Gasteiger partial charge is 0.385 e. The number of unbranched alkanes of at least 4 members (excludes halogenated alkanes) is 4. The summed E-state index contributed by atoms with van der Waals surface area (Å²) < 4.78 is 18.0. The van der Waals surface area contributed by atoms with E-state index in [-0.39, 0.29) is 35.5 Å². The number of alkyl halides is 1. The average molecular weight is 716 g/mol. The van der Waals surface area contributed by atoms with Crippen molar-refractivity contribution in [1.29, 1.82) is 0 Å². The van der Waals surface area contributed by atoms with Gasteiger partial charge in [-0.2, -0.15) is 5.10 Å². The summed E-state index contributed by atoms with van der Waals surface area (Å²) in [5, 5.41) is 13.0. The predicted molar refractivity (Wildman–Crippen MR) is 192 cm³/mol. The molecule has 1 saturated carbocycles. The highest BCUT2D eigenvalue weighted by molar-refractivity contribution is 6.00. The number of nitrogens with zero attached hydrogens (tertiary/aromatic N) is 6. The minimum Gasteiger partial charge on any atom is -0.385 e. The van der Waals surface area contributed by atoms with Gasteiger partial charge >= 0.3 is 5.69 Å². The van der Waals surface area contributed by atoms with E-state index >= 15 is 0 Å². The summed E-state index contributed by atoms with van der Waals surface area (Å²) in [6.07, 6.45) is 9.22. The molecule has 2 unspecified atom stereocenters. The third kappa shape index (κ3) is 7.17. The van der Waals surface area contributed by atoms with E-state index in [4.69, 9.17) is 5.10 Å². The summed E-state index contributed by atoms with van der Waals surface area (Å²) in [5.41, 5.74) is 4.60. The Morgan fingerprint density at radius 1 is 1.04 bits per heavy atom. The number of rotatable bonds is 13. The maximum atomic E-state index is 13.4. The Hall–Kier alpha value is -5.08. The molecule has 3 fully saturated rings. The third-order valence-corrected chi connectivity index (χ3v) is 10.7. The lowest BCUT2D eigenvalue weighted by molar-refractivity contribution is -0.136. The summed E-state index contributed by atoms with van der Waals surface area (Å²) >= 11 is 0. The Morgan fingerprint density at radius 2 is 1.83 bits per heavy atom. The van der Waals surface area contributed by atoms with Crippen LogP contribution in [0.3, 0.4) is 0 Å². The quantitative estimate of drug-likeness (QED) is 0.140. The fourth-order valence-electron chi connectivity index (χ4n) is 7.61. The van der Waals surface area contributed by atoms with Crippen LogP contribution in [0.25, 0.3) is 16.7 Å². The molecule has 14 nitrogen and oxygen atoms in total. The van der Waals surface area contributed by atoms with Gasteiger partial charge in [0.1, 0.15) is 12.2 Å². The van der Waals surface area contributed by atoms with Crippen molar-refractivity contribution in [2.45, 2.75) is 101 Å². The molecule has 52 heavy (non-hydrogen) atoms. The molecule has 15 heteroatoms. The number of hydrogen-bond donors (Lipinski definition) is 3. The highest BCUT2D eigenvalue weighted by Crippen LogP contribution is 2.30. The van der Waals surface area contributed by atoms with E-state index in [0.29, 0.717) is 43.5 Å². The summed E-state index contributed by atoms with van der Waals surface area (Å²) in [6, 6.07) is 6.70. The van der Waals surface area contributed by atoms with Crippen LogP contribution in [0.1, 0.15) is 104 Å². The normalized spacial score (nSPS) is 21.8. The topological polar surface area (TPSA) is 165 Å². The van der Waals surface area contributed by atoms with Gasteiger partial charge in [0.15, 0.2) is 11.3 Å². The number of nitrogens with one attached hydrogen (secondary N) is 3. The summed E-state index contributed by atoms with van der Waals surface area (Å²) in [4.78, 5) is 69.5. The zero-order chi connectivity index (χ0) is 36.5. The maximum Gasteiger partial charge on any atom is 0.329 e. The molecule has 3 N–H and O–H groups in total. The molecule has 3 aliphatic rings. The Bertz CT molecular complexity index is 2090. The van der Waals surface area contributed by atoms with Crippen molar-refractivity contribution >= 4 is 46.0 Å². The number of carbonyl (C=O) groups is 4. The molecule has 2 aliphatic heterocycles. The predicted octanol–water partition coefficient (Wildman–Crippen LogP) is 3.53. The summed E-state index contributed by atoms with van der Waals surface area (Å²) in [7, 11) is 3.49.